The van der Waals surface area contributed by atoms with Crippen LogP contribution in [0.1, 0.15) is 15.9 Å². The first-order valence-electron chi connectivity index (χ1n) is 6.53. The first kappa shape index (κ1) is 13.9. The van der Waals surface area contributed by atoms with Gasteiger partial charge in [0, 0.05) is 23.6 Å². The molecule has 2 aromatic carbocycles. The number of halogens is 1. The first-order chi connectivity index (χ1) is 10.1. The van der Waals surface area contributed by atoms with Crippen LogP contribution in [0.15, 0.2) is 46.9 Å². The van der Waals surface area contributed by atoms with Gasteiger partial charge in [-0.05, 0) is 42.0 Å². The summed E-state index contributed by atoms with van der Waals surface area (Å²) in [5.74, 6) is 1.47. The van der Waals surface area contributed by atoms with E-state index in [2.05, 4.69) is 15.9 Å². The SMILES string of the molecule is CN(Cc1ccc2c(c1)OCO2)C(=O)c1ccc(Br)cc1. The molecule has 0 saturated heterocycles. The van der Waals surface area contributed by atoms with Gasteiger partial charge < -0.3 is 14.4 Å². The van der Waals surface area contributed by atoms with E-state index in [1.807, 2.05) is 42.5 Å². The summed E-state index contributed by atoms with van der Waals surface area (Å²) in [6.07, 6.45) is 0. The molecular weight excluding hydrogens is 334 g/mol. The van der Waals surface area contributed by atoms with Gasteiger partial charge in [0.15, 0.2) is 11.5 Å². The lowest BCUT2D eigenvalue weighted by Gasteiger charge is -2.17. The molecule has 0 aromatic heterocycles. The topological polar surface area (TPSA) is 38.8 Å². The fraction of sp³-hybridized carbons (Fsp3) is 0.188. The molecule has 108 valence electrons. The number of carbonyl (C=O) groups excluding carboxylic acids is 1. The van der Waals surface area contributed by atoms with Gasteiger partial charge in [-0.3, -0.25) is 4.79 Å². The summed E-state index contributed by atoms with van der Waals surface area (Å²) in [6, 6.07) is 13.1. The van der Waals surface area contributed by atoms with Crippen LogP contribution in [0.5, 0.6) is 11.5 Å². The Hall–Kier alpha value is -2.01. The van der Waals surface area contributed by atoms with Gasteiger partial charge >= 0.3 is 0 Å². The predicted octanol–water partition coefficient (Wildman–Crippen LogP) is 3.45. The van der Waals surface area contributed by atoms with Gasteiger partial charge in [-0.25, -0.2) is 0 Å². The second-order valence-electron chi connectivity index (χ2n) is 4.86. The zero-order valence-electron chi connectivity index (χ0n) is 11.5. The van der Waals surface area contributed by atoms with Crippen molar-refractivity contribution in [2.75, 3.05) is 13.8 Å². The van der Waals surface area contributed by atoms with Crippen LogP contribution in [0.25, 0.3) is 0 Å². The second kappa shape index (κ2) is 5.77. The molecule has 1 aliphatic rings. The Morgan fingerprint density at radius 1 is 1.14 bits per heavy atom. The van der Waals surface area contributed by atoms with Crippen molar-refractivity contribution in [3.63, 3.8) is 0 Å². The Morgan fingerprint density at radius 3 is 2.62 bits per heavy atom. The van der Waals surface area contributed by atoms with Crippen LogP contribution in [0.2, 0.25) is 0 Å². The molecule has 0 fully saturated rings. The molecule has 0 N–H and O–H groups in total. The number of amides is 1. The number of hydrogen-bond acceptors (Lipinski definition) is 3. The van der Waals surface area contributed by atoms with E-state index < -0.39 is 0 Å². The minimum absolute atomic E-state index is 0.0137. The maximum absolute atomic E-state index is 12.3. The molecule has 1 amide bonds. The van der Waals surface area contributed by atoms with E-state index in [9.17, 15) is 4.79 Å². The van der Waals surface area contributed by atoms with Crippen LogP contribution in [0, 0.1) is 0 Å². The van der Waals surface area contributed by atoms with E-state index in [0.29, 0.717) is 12.1 Å². The molecule has 1 aliphatic heterocycles. The third-order valence-corrected chi connectivity index (χ3v) is 3.82. The molecule has 0 bridgehead atoms. The third kappa shape index (κ3) is 3.03. The average Bonchev–Trinajstić information content (AvgIpc) is 2.95. The van der Waals surface area contributed by atoms with Crippen molar-refractivity contribution in [2.24, 2.45) is 0 Å². The summed E-state index contributed by atoms with van der Waals surface area (Å²) >= 11 is 3.36. The number of nitrogens with zero attached hydrogens (tertiary/aromatic N) is 1. The molecule has 21 heavy (non-hydrogen) atoms. The smallest absolute Gasteiger partial charge is 0.253 e. The van der Waals surface area contributed by atoms with Gasteiger partial charge in [-0.15, -0.1) is 0 Å². The van der Waals surface area contributed by atoms with E-state index in [-0.39, 0.29) is 12.7 Å². The minimum Gasteiger partial charge on any atom is -0.454 e. The quantitative estimate of drug-likeness (QED) is 0.853. The van der Waals surface area contributed by atoms with Gasteiger partial charge in [-0.2, -0.15) is 0 Å². The Kier molecular flexibility index (Phi) is 3.84. The number of benzene rings is 2. The summed E-state index contributed by atoms with van der Waals surface area (Å²) in [7, 11) is 1.79. The highest BCUT2D eigenvalue weighted by molar-refractivity contribution is 9.10. The Bertz CT molecular complexity index is 670. The maximum atomic E-state index is 12.3. The predicted molar refractivity (Wildman–Crippen MR) is 82.5 cm³/mol. The summed E-state index contributed by atoms with van der Waals surface area (Å²) in [4.78, 5) is 14.0. The highest BCUT2D eigenvalue weighted by Crippen LogP contribution is 2.32. The monoisotopic (exact) mass is 347 g/mol. The van der Waals surface area contributed by atoms with Gasteiger partial charge in [-0.1, -0.05) is 22.0 Å². The molecular formula is C16H14BrNO3. The fourth-order valence-electron chi connectivity index (χ4n) is 2.20. The van der Waals surface area contributed by atoms with E-state index in [0.717, 1.165) is 21.5 Å². The van der Waals surface area contributed by atoms with Crippen LogP contribution in [-0.4, -0.2) is 24.6 Å². The molecule has 0 atom stereocenters. The molecule has 0 spiro atoms. The molecule has 5 heteroatoms. The molecule has 4 nitrogen and oxygen atoms in total. The van der Waals surface area contributed by atoms with E-state index >= 15 is 0 Å². The number of fused-ring (bicyclic) bond motifs is 1. The molecule has 0 aliphatic carbocycles. The zero-order chi connectivity index (χ0) is 14.8. The van der Waals surface area contributed by atoms with Crippen molar-refractivity contribution in [1.29, 1.82) is 0 Å². The van der Waals surface area contributed by atoms with Crippen molar-refractivity contribution in [2.45, 2.75) is 6.54 Å². The molecule has 3 rings (SSSR count). The molecule has 1 heterocycles. The highest BCUT2D eigenvalue weighted by Gasteiger charge is 2.16. The standard InChI is InChI=1S/C16H14BrNO3/c1-18(16(19)12-3-5-13(17)6-4-12)9-11-2-7-14-15(8-11)21-10-20-14/h2-8H,9-10H2,1H3. The van der Waals surface area contributed by atoms with Crippen molar-refractivity contribution in [1.82, 2.24) is 4.90 Å². The Morgan fingerprint density at radius 2 is 1.86 bits per heavy atom. The number of hydrogen-bond donors (Lipinski definition) is 0. The largest absolute Gasteiger partial charge is 0.454 e. The van der Waals surface area contributed by atoms with Gasteiger partial charge in [0.1, 0.15) is 0 Å². The first-order valence-corrected chi connectivity index (χ1v) is 7.32. The summed E-state index contributed by atoms with van der Waals surface area (Å²) in [5, 5.41) is 0. The summed E-state index contributed by atoms with van der Waals surface area (Å²) < 4.78 is 11.6. The molecule has 0 saturated carbocycles. The van der Waals surface area contributed by atoms with Crippen molar-refractivity contribution < 1.29 is 14.3 Å². The number of rotatable bonds is 3. The van der Waals surface area contributed by atoms with E-state index in [1.54, 1.807) is 11.9 Å². The Labute approximate surface area is 131 Å². The van der Waals surface area contributed by atoms with E-state index in [1.165, 1.54) is 0 Å². The van der Waals surface area contributed by atoms with Gasteiger partial charge in [0.25, 0.3) is 5.91 Å². The summed E-state index contributed by atoms with van der Waals surface area (Å²) in [6.45, 7) is 0.776. The molecule has 0 radical (unpaired) electrons. The van der Waals surface area contributed by atoms with Crippen LogP contribution in [0.3, 0.4) is 0 Å². The zero-order valence-corrected chi connectivity index (χ0v) is 13.1. The lowest BCUT2D eigenvalue weighted by atomic mass is 10.1. The maximum Gasteiger partial charge on any atom is 0.253 e. The lowest BCUT2D eigenvalue weighted by Crippen LogP contribution is -2.26. The van der Waals surface area contributed by atoms with Crippen LogP contribution in [0.4, 0.5) is 0 Å². The normalized spacial score (nSPS) is 12.3. The third-order valence-electron chi connectivity index (χ3n) is 3.29. The molecule has 2 aromatic rings. The Balaban J connectivity index is 1.72. The van der Waals surface area contributed by atoms with Crippen LogP contribution in [-0.2, 0) is 6.54 Å². The molecule has 0 unspecified atom stereocenters. The number of ether oxygens (including phenoxy) is 2. The second-order valence-corrected chi connectivity index (χ2v) is 5.77. The highest BCUT2D eigenvalue weighted by atomic mass is 79.9. The van der Waals surface area contributed by atoms with Crippen LogP contribution < -0.4 is 9.47 Å². The van der Waals surface area contributed by atoms with Gasteiger partial charge in [0.05, 0.1) is 0 Å². The van der Waals surface area contributed by atoms with Crippen molar-refractivity contribution in [3.8, 4) is 11.5 Å². The lowest BCUT2D eigenvalue weighted by molar-refractivity contribution is 0.0785. The summed E-state index contributed by atoms with van der Waals surface area (Å²) in [5.41, 5.74) is 1.67. The van der Waals surface area contributed by atoms with Crippen molar-refractivity contribution in [3.05, 3.63) is 58.1 Å². The minimum atomic E-state index is -0.0137. The number of carbonyl (C=O) groups is 1. The van der Waals surface area contributed by atoms with E-state index in [4.69, 9.17) is 9.47 Å². The van der Waals surface area contributed by atoms with Crippen molar-refractivity contribution >= 4 is 21.8 Å². The van der Waals surface area contributed by atoms with Gasteiger partial charge in [0.2, 0.25) is 6.79 Å². The fourth-order valence-corrected chi connectivity index (χ4v) is 2.46. The van der Waals surface area contributed by atoms with Crippen LogP contribution >= 0.6 is 15.9 Å². The average molecular weight is 348 g/mol.